The van der Waals surface area contributed by atoms with E-state index in [1.54, 1.807) is 30.3 Å². The van der Waals surface area contributed by atoms with Gasteiger partial charge in [0.15, 0.2) is 11.6 Å². The number of nitrogens with one attached hydrogen (secondary N) is 2. The number of benzene rings is 2. The van der Waals surface area contributed by atoms with E-state index in [9.17, 15) is 27.2 Å². The Labute approximate surface area is 180 Å². The Morgan fingerprint density at radius 2 is 1.88 bits per heavy atom. The van der Waals surface area contributed by atoms with Crippen LogP contribution in [0.4, 0.5) is 17.6 Å². The minimum Gasteiger partial charge on any atom is -0.403 e. The molecule has 0 aliphatic heterocycles. The zero-order valence-electron chi connectivity index (χ0n) is 16.9. The van der Waals surface area contributed by atoms with Crippen molar-refractivity contribution in [1.82, 2.24) is 15.3 Å². The quantitative estimate of drug-likeness (QED) is 0.510. The molecule has 1 aromatic heterocycles. The first-order valence-electron chi connectivity index (χ1n) is 9.69. The number of rotatable bonds is 7. The Morgan fingerprint density at radius 1 is 1.16 bits per heavy atom. The standard InChI is InChI=1S/C22H19F4N3O3/c1-2-6-16(14-9-10-18(15(23)11-14)32-22(24,25)26)28-21(31)17-12-19(30)29-20(27-17)13-7-4-3-5-8-13/h3-5,7-12,16H,2,6H2,1H3,(H,28,31)(H,27,29,30)/t16-/m1/s1. The van der Waals surface area contributed by atoms with E-state index in [1.165, 1.54) is 6.07 Å². The fraction of sp³-hybridized carbons (Fsp3) is 0.227. The molecule has 1 heterocycles. The minimum absolute atomic E-state index is 0.147. The number of aromatic amines is 1. The van der Waals surface area contributed by atoms with E-state index in [0.717, 1.165) is 18.2 Å². The van der Waals surface area contributed by atoms with Crippen LogP contribution >= 0.6 is 0 Å². The first-order valence-corrected chi connectivity index (χ1v) is 9.69. The topological polar surface area (TPSA) is 84.1 Å². The van der Waals surface area contributed by atoms with Crippen LogP contribution in [0, 0.1) is 5.82 Å². The summed E-state index contributed by atoms with van der Waals surface area (Å²) < 4.78 is 54.9. The summed E-state index contributed by atoms with van der Waals surface area (Å²) in [4.78, 5) is 31.6. The highest BCUT2D eigenvalue weighted by molar-refractivity contribution is 5.92. The summed E-state index contributed by atoms with van der Waals surface area (Å²) in [7, 11) is 0. The molecule has 0 saturated heterocycles. The van der Waals surface area contributed by atoms with Crippen molar-refractivity contribution in [2.75, 3.05) is 0 Å². The third-order valence-corrected chi connectivity index (χ3v) is 4.49. The predicted octanol–water partition coefficient (Wildman–Crippen LogP) is 4.75. The molecule has 3 rings (SSSR count). The number of hydrogen-bond acceptors (Lipinski definition) is 4. The van der Waals surface area contributed by atoms with Crippen LogP contribution in [0.25, 0.3) is 11.4 Å². The second-order valence-electron chi connectivity index (χ2n) is 6.90. The van der Waals surface area contributed by atoms with Gasteiger partial charge in [0.05, 0.1) is 6.04 Å². The molecule has 2 aromatic carbocycles. The molecule has 0 spiro atoms. The van der Waals surface area contributed by atoms with E-state index in [0.29, 0.717) is 18.4 Å². The van der Waals surface area contributed by atoms with Crippen molar-refractivity contribution in [3.05, 3.63) is 82.0 Å². The Bertz CT molecular complexity index is 1150. The molecule has 32 heavy (non-hydrogen) atoms. The average Bonchev–Trinajstić information content (AvgIpc) is 2.74. The summed E-state index contributed by atoms with van der Waals surface area (Å²) in [5.41, 5.74) is 0.175. The zero-order chi connectivity index (χ0) is 23.3. The molecule has 0 saturated carbocycles. The van der Waals surface area contributed by atoms with E-state index >= 15 is 0 Å². The molecular weight excluding hydrogens is 430 g/mol. The smallest absolute Gasteiger partial charge is 0.403 e. The number of ether oxygens (including phenoxy) is 1. The number of alkyl halides is 3. The van der Waals surface area contributed by atoms with Crippen LogP contribution in [0.5, 0.6) is 5.75 Å². The molecule has 3 aromatic rings. The van der Waals surface area contributed by atoms with Crippen LogP contribution in [-0.2, 0) is 0 Å². The number of halogens is 4. The van der Waals surface area contributed by atoms with Gasteiger partial charge in [-0.1, -0.05) is 49.7 Å². The summed E-state index contributed by atoms with van der Waals surface area (Å²) in [6.07, 6.45) is -4.06. The van der Waals surface area contributed by atoms with Crippen molar-refractivity contribution in [3.8, 4) is 17.1 Å². The predicted molar refractivity (Wildman–Crippen MR) is 108 cm³/mol. The van der Waals surface area contributed by atoms with Gasteiger partial charge in [-0.3, -0.25) is 9.59 Å². The number of nitrogens with zero attached hydrogens (tertiary/aromatic N) is 1. The highest BCUT2D eigenvalue weighted by Gasteiger charge is 2.32. The summed E-state index contributed by atoms with van der Waals surface area (Å²) in [5.74, 6) is -2.65. The van der Waals surface area contributed by atoms with Crippen molar-refractivity contribution in [3.63, 3.8) is 0 Å². The molecule has 0 unspecified atom stereocenters. The van der Waals surface area contributed by atoms with E-state index in [1.807, 2.05) is 6.92 Å². The molecule has 10 heteroatoms. The van der Waals surface area contributed by atoms with Gasteiger partial charge < -0.3 is 15.0 Å². The van der Waals surface area contributed by atoms with Gasteiger partial charge in [0.25, 0.3) is 11.5 Å². The first-order chi connectivity index (χ1) is 15.2. The molecule has 2 N–H and O–H groups in total. The molecule has 1 amide bonds. The largest absolute Gasteiger partial charge is 0.573 e. The molecular formula is C22H19F4N3O3. The number of aromatic nitrogens is 2. The summed E-state index contributed by atoms with van der Waals surface area (Å²) in [6, 6.07) is 12.0. The van der Waals surface area contributed by atoms with Crippen molar-refractivity contribution in [1.29, 1.82) is 0 Å². The molecule has 0 aliphatic rings. The van der Waals surface area contributed by atoms with Crippen molar-refractivity contribution in [2.24, 2.45) is 0 Å². The van der Waals surface area contributed by atoms with E-state index in [2.05, 4.69) is 20.0 Å². The Kier molecular flexibility index (Phi) is 6.92. The lowest BCUT2D eigenvalue weighted by Crippen LogP contribution is -2.30. The van der Waals surface area contributed by atoms with Gasteiger partial charge in [-0.15, -0.1) is 13.2 Å². The third-order valence-electron chi connectivity index (χ3n) is 4.49. The van der Waals surface area contributed by atoms with Gasteiger partial charge in [-0.2, -0.15) is 0 Å². The number of hydrogen-bond donors (Lipinski definition) is 2. The number of carbonyl (C=O) groups excluding carboxylic acids is 1. The second-order valence-corrected chi connectivity index (χ2v) is 6.90. The average molecular weight is 449 g/mol. The van der Waals surface area contributed by atoms with Gasteiger partial charge in [0.2, 0.25) is 0 Å². The number of carbonyl (C=O) groups is 1. The molecule has 0 radical (unpaired) electrons. The van der Waals surface area contributed by atoms with E-state index in [4.69, 9.17) is 0 Å². The normalized spacial score (nSPS) is 12.3. The lowest BCUT2D eigenvalue weighted by Gasteiger charge is -2.19. The second kappa shape index (κ2) is 9.63. The van der Waals surface area contributed by atoms with Crippen molar-refractivity contribution in [2.45, 2.75) is 32.2 Å². The third kappa shape index (κ3) is 5.93. The van der Waals surface area contributed by atoms with Gasteiger partial charge >= 0.3 is 6.36 Å². The fourth-order valence-electron chi connectivity index (χ4n) is 3.09. The van der Waals surface area contributed by atoms with Crippen molar-refractivity contribution < 1.29 is 27.1 Å². The summed E-state index contributed by atoms with van der Waals surface area (Å²) in [5, 5.41) is 2.67. The maximum absolute atomic E-state index is 14.1. The maximum Gasteiger partial charge on any atom is 0.573 e. The summed E-state index contributed by atoms with van der Waals surface area (Å²) >= 11 is 0. The van der Waals surface area contributed by atoms with Crippen LogP contribution in [0.3, 0.4) is 0 Å². The Balaban J connectivity index is 1.85. The van der Waals surface area contributed by atoms with Gasteiger partial charge in [-0.05, 0) is 24.1 Å². The van der Waals surface area contributed by atoms with Crippen molar-refractivity contribution >= 4 is 5.91 Å². The van der Waals surface area contributed by atoms with Crippen LogP contribution in [-0.4, -0.2) is 22.2 Å². The molecule has 6 nitrogen and oxygen atoms in total. The lowest BCUT2D eigenvalue weighted by molar-refractivity contribution is -0.275. The number of amides is 1. The molecule has 0 aliphatic carbocycles. The minimum atomic E-state index is -5.03. The Hall–Kier alpha value is -3.69. The molecule has 0 bridgehead atoms. The SMILES string of the molecule is CCC[C@@H](NC(=O)c1cc(=O)[nH]c(-c2ccccc2)n1)c1ccc(OC(F)(F)F)c(F)c1. The summed E-state index contributed by atoms with van der Waals surface area (Å²) in [6.45, 7) is 1.83. The van der Waals surface area contributed by atoms with Crippen LogP contribution in [0.1, 0.15) is 41.9 Å². The monoisotopic (exact) mass is 449 g/mol. The van der Waals surface area contributed by atoms with Gasteiger partial charge in [0, 0.05) is 11.6 Å². The fourth-order valence-corrected chi connectivity index (χ4v) is 3.09. The van der Waals surface area contributed by atoms with Gasteiger partial charge in [0.1, 0.15) is 11.5 Å². The lowest BCUT2D eigenvalue weighted by atomic mass is 10.0. The van der Waals surface area contributed by atoms with E-state index < -0.39 is 35.4 Å². The Morgan fingerprint density at radius 3 is 2.50 bits per heavy atom. The van der Waals surface area contributed by atoms with Crippen LogP contribution in [0.2, 0.25) is 0 Å². The highest BCUT2D eigenvalue weighted by atomic mass is 19.4. The van der Waals surface area contributed by atoms with Crippen LogP contribution < -0.4 is 15.6 Å². The maximum atomic E-state index is 14.1. The number of H-pyrrole nitrogens is 1. The first kappa shape index (κ1) is 23.0. The molecule has 0 fully saturated rings. The molecule has 168 valence electrons. The zero-order valence-corrected chi connectivity index (χ0v) is 16.9. The van der Waals surface area contributed by atoms with Gasteiger partial charge in [-0.25, -0.2) is 9.37 Å². The van der Waals surface area contributed by atoms with Crippen LogP contribution in [0.15, 0.2) is 59.4 Å². The highest BCUT2D eigenvalue weighted by Crippen LogP contribution is 2.29. The molecule has 1 atom stereocenters. The van der Waals surface area contributed by atoms with E-state index in [-0.39, 0.29) is 17.1 Å².